The predicted octanol–water partition coefficient (Wildman–Crippen LogP) is 5.67. The Morgan fingerprint density at radius 3 is 2.44 bits per heavy atom. The van der Waals surface area contributed by atoms with Gasteiger partial charge >= 0.3 is 6.18 Å². The van der Waals surface area contributed by atoms with E-state index >= 15 is 0 Å². The Bertz CT molecular complexity index is 940. The van der Waals surface area contributed by atoms with Crippen molar-refractivity contribution < 1.29 is 18.0 Å². The highest BCUT2D eigenvalue weighted by Crippen LogP contribution is 2.30. The van der Waals surface area contributed by atoms with Crippen LogP contribution >= 0.6 is 0 Å². The third-order valence-electron chi connectivity index (χ3n) is 3.73. The van der Waals surface area contributed by atoms with Gasteiger partial charge in [-0.2, -0.15) is 13.2 Å². The highest BCUT2D eigenvalue weighted by atomic mass is 19.4. The van der Waals surface area contributed by atoms with Crippen molar-refractivity contribution in [1.29, 1.82) is 0 Å². The molecule has 0 saturated carbocycles. The van der Waals surface area contributed by atoms with E-state index in [0.29, 0.717) is 5.56 Å². The molecule has 3 aromatic rings. The Hall–Kier alpha value is -3.08. The van der Waals surface area contributed by atoms with Crippen molar-refractivity contribution in [3.63, 3.8) is 0 Å². The minimum atomic E-state index is -4.40. The summed E-state index contributed by atoms with van der Waals surface area (Å²) >= 11 is 0. The Morgan fingerprint density at radius 1 is 0.920 bits per heavy atom. The van der Waals surface area contributed by atoms with Gasteiger partial charge in [-0.1, -0.05) is 48.5 Å². The van der Waals surface area contributed by atoms with Crippen molar-refractivity contribution in [3.05, 3.63) is 90.1 Å². The minimum Gasteiger partial charge on any atom is -0.362 e. The van der Waals surface area contributed by atoms with Gasteiger partial charge in [-0.25, -0.2) is 0 Å². The lowest BCUT2D eigenvalue weighted by atomic mass is 10.0. The number of fused-ring (bicyclic) bond motifs is 1. The third kappa shape index (κ3) is 3.88. The number of ketones is 1. The van der Waals surface area contributed by atoms with E-state index in [1.807, 2.05) is 30.3 Å². The van der Waals surface area contributed by atoms with Gasteiger partial charge in [0.05, 0.1) is 5.56 Å². The van der Waals surface area contributed by atoms with Crippen LogP contribution in [0.3, 0.4) is 0 Å². The number of rotatable bonds is 4. The maximum Gasteiger partial charge on any atom is 0.416 e. The Balaban J connectivity index is 1.77. The summed E-state index contributed by atoms with van der Waals surface area (Å²) in [5.41, 5.74) is 0.0586. The lowest BCUT2D eigenvalue weighted by molar-refractivity contribution is -0.137. The molecule has 0 atom stereocenters. The number of halogens is 3. The highest BCUT2D eigenvalue weighted by molar-refractivity contribution is 6.13. The number of allylic oxidation sites excluding steroid dienone is 1. The van der Waals surface area contributed by atoms with Gasteiger partial charge in [0.25, 0.3) is 0 Å². The molecule has 0 aliphatic heterocycles. The molecule has 0 fully saturated rings. The second-order valence-corrected chi connectivity index (χ2v) is 5.45. The zero-order chi connectivity index (χ0) is 17.9. The van der Waals surface area contributed by atoms with E-state index in [2.05, 4.69) is 5.32 Å². The molecule has 3 aromatic carbocycles. The molecule has 0 spiro atoms. The van der Waals surface area contributed by atoms with Gasteiger partial charge in [0, 0.05) is 23.5 Å². The molecule has 0 aliphatic rings. The minimum absolute atomic E-state index is 0.226. The molecular weight excluding hydrogens is 327 g/mol. The van der Waals surface area contributed by atoms with Gasteiger partial charge in [-0.15, -0.1) is 0 Å². The zero-order valence-electron chi connectivity index (χ0n) is 13.0. The van der Waals surface area contributed by atoms with Crippen molar-refractivity contribution in [2.45, 2.75) is 6.18 Å². The largest absolute Gasteiger partial charge is 0.416 e. The lowest BCUT2D eigenvalue weighted by Gasteiger charge is -2.08. The molecule has 126 valence electrons. The van der Waals surface area contributed by atoms with Crippen molar-refractivity contribution >= 4 is 22.2 Å². The van der Waals surface area contributed by atoms with Crippen molar-refractivity contribution in [2.75, 3.05) is 5.32 Å². The van der Waals surface area contributed by atoms with Crippen LogP contribution in [0, 0.1) is 0 Å². The summed E-state index contributed by atoms with van der Waals surface area (Å²) in [6, 6.07) is 17.7. The Kier molecular flexibility index (Phi) is 4.57. The normalized spacial score (nSPS) is 11.8. The van der Waals surface area contributed by atoms with E-state index in [4.69, 9.17) is 0 Å². The van der Waals surface area contributed by atoms with Gasteiger partial charge in [0.2, 0.25) is 0 Å². The van der Waals surface area contributed by atoms with Crippen LogP contribution in [0.5, 0.6) is 0 Å². The summed E-state index contributed by atoms with van der Waals surface area (Å²) < 4.78 is 38.1. The zero-order valence-corrected chi connectivity index (χ0v) is 13.0. The van der Waals surface area contributed by atoms with E-state index in [1.54, 1.807) is 12.1 Å². The number of hydrogen-bond acceptors (Lipinski definition) is 2. The summed E-state index contributed by atoms with van der Waals surface area (Å²) in [6.07, 6.45) is -1.75. The number of anilines is 1. The van der Waals surface area contributed by atoms with E-state index in [-0.39, 0.29) is 11.5 Å². The molecule has 0 aromatic heterocycles. The van der Waals surface area contributed by atoms with Crippen molar-refractivity contribution in [1.82, 2.24) is 0 Å². The molecule has 0 unspecified atom stereocenters. The van der Waals surface area contributed by atoms with Crippen LogP contribution in [-0.4, -0.2) is 5.78 Å². The maximum absolute atomic E-state index is 12.7. The van der Waals surface area contributed by atoms with Crippen LogP contribution in [0.15, 0.2) is 79.0 Å². The number of hydrogen-bond donors (Lipinski definition) is 1. The first kappa shape index (κ1) is 16.8. The molecule has 25 heavy (non-hydrogen) atoms. The van der Waals surface area contributed by atoms with Gasteiger partial charge in [-0.3, -0.25) is 4.79 Å². The quantitative estimate of drug-likeness (QED) is 0.489. The van der Waals surface area contributed by atoms with Gasteiger partial charge in [0.15, 0.2) is 5.78 Å². The number of carbonyl (C=O) groups is 1. The van der Waals surface area contributed by atoms with E-state index in [9.17, 15) is 18.0 Å². The third-order valence-corrected chi connectivity index (χ3v) is 3.73. The highest BCUT2D eigenvalue weighted by Gasteiger charge is 2.30. The molecule has 0 aliphatic carbocycles. The fourth-order valence-electron chi connectivity index (χ4n) is 2.53. The molecule has 0 heterocycles. The number of nitrogens with one attached hydrogen (secondary N) is 1. The SMILES string of the molecule is O=C(/C=C/Nc1cccc(C(F)(F)F)c1)c1cccc2ccccc12. The van der Waals surface area contributed by atoms with Crippen LogP contribution in [-0.2, 0) is 6.18 Å². The molecule has 2 nitrogen and oxygen atoms in total. The molecule has 5 heteroatoms. The van der Waals surface area contributed by atoms with Crippen molar-refractivity contribution in [3.8, 4) is 0 Å². The predicted molar refractivity (Wildman–Crippen MR) is 92.5 cm³/mol. The average molecular weight is 341 g/mol. The van der Waals surface area contributed by atoms with Crippen LogP contribution in [0.2, 0.25) is 0 Å². The molecular formula is C20H14F3NO. The van der Waals surface area contributed by atoms with Gasteiger partial charge in [0.1, 0.15) is 0 Å². The first-order valence-electron chi connectivity index (χ1n) is 7.57. The average Bonchev–Trinajstić information content (AvgIpc) is 2.60. The van der Waals surface area contributed by atoms with E-state index in [1.165, 1.54) is 24.4 Å². The lowest BCUT2D eigenvalue weighted by Crippen LogP contribution is -2.05. The smallest absolute Gasteiger partial charge is 0.362 e. The topological polar surface area (TPSA) is 29.1 Å². The monoisotopic (exact) mass is 341 g/mol. The van der Waals surface area contributed by atoms with E-state index < -0.39 is 11.7 Å². The first-order chi connectivity index (χ1) is 11.9. The van der Waals surface area contributed by atoms with Crippen LogP contribution in [0.25, 0.3) is 10.8 Å². The second kappa shape index (κ2) is 6.81. The molecule has 0 bridgehead atoms. The maximum atomic E-state index is 12.7. The summed E-state index contributed by atoms with van der Waals surface area (Å²) in [6.45, 7) is 0. The Morgan fingerprint density at radius 2 is 1.64 bits per heavy atom. The number of carbonyl (C=O) groups excluding carboxylic acids is 1. The summed E-state index contributed by atoms with van der Waals surface area (Å²) in [4.78, 5) is 12.4. The van der Waals surface area contributed by atoms with Crippen LogP contribution < -0.4 is 5.32 Å². The molecule has 0 saturated heterocycles. The molecule has 3 rings (SSSR count). The van der Waals surface area contributed by atoms with Gasteiger partial charge in [-0.05, 0) is 29.0 Å². The first-order valence-corrected chi connectivity index (χ1v) is 7.57. The molecule has 0 radical (unpaired) electrons. The second-order valence-electron chi connectivity index (χ2n) is 5.45. The fourth-order valence-corrected chi connectivity index (χ4v) is 2.53. The number of benzene rings is 3. The van der Waals surface area contributed by atoms with Crippen molar-refractivity contribution in [2.24, 2.45) is 0 Å². The summed E-state index contributed by atoms with van der Waals surface area (Å²) in [5, 5.41) is 4.49. The standard InChI is InChI=1S/C20H14F3NO/c21-20(22,23)15-7-4-8-16(13-15)24-12-11-19(25)18-10-3-6-14-5-1-2-9-17(14)18/h1-13,24H/b12-11+. The summed E-state index contributed by atoms with van der Waals surface area (Å²) in [5.74, 6) is -0.226. The molecule has 0 amide bonds. The van der Waals surface area contributed by atoms with Crippen LogP contribution in [0.4, 0.5) is 18.9 Å². The fraction of sp³-hybridized carbons (Fsp3) is 0.0500. The van der Waals surface area contributed by atoms with Gasteiger partial charge < -0.3 is 5.32 Å². The van der Waals surface area contributed by atoms with E-state index in [0.717, 1.165) is 22.9 Å². The Labute approximate surface area is 142 Å². The molecule has 1 N–H and O–H groups in total. The number of alkyl halides is 3. The van der Waals surface area contributed by atoms with Crippen LogP contribution in [0.1, 0.15) is 15.9 Å². The summed E-state index contributed by atoms with van der Waals surface area (Å²) in [7, 11) is 0.